The minimum Gasteiger partial charge on any atom is -0.464 e. The number of oxazole rings is 1. The molecule has 0 radical (unpaired) electrons. The highest BCUT2D eigenvalue weighted by atomic mass is 16.6. The number of aryl methyl sites for hydroxylation is 2. The van der Waals surface area contributed by atoms with E-state index in [0.717, 1.165) is 55.6 Å². The summed E-state index contributed by atoms with van der Waals surface area (Å²) in [6, 6.07) is 11.0. The molecule has 5 aliphatic heterocycles. The number of carbonyl (C=O) groups excluding carboxylic acids is 5. The van der Waals surface area contributed by atoms with Crippen molar-refractivity contribution in [1.82, 2.24) is 29.1 Å². The fraction of sp³-hybridized carbons (Fsp3) is 0.591. The zero-order valence-corrected chi connectivity index (χ0v) is 34.8. The van der Waals surface area contributed by atoms with Gasteiger partial charge in [-0.05, 0) is 100 Å². The number of benzene rings is 2. The third kappa shape index (κ3) is 8.89. The molecule has 0 aliphatic carbocycles. The molecule has 2 aromatic carbocycles. The molecule has 5 amide bonds. The fourth-order valence-corrected chi connectivity index (χ4v) is 9.95. The molecule has 1 aromatic heterocycles. The molecule has 16 heteroatoms. The van der Waals surface area contributed by atoms with E-state index in [1.807, 2.05) is 47.1 Å². The Morgan fingerprint density at radius 1 is 0.867 bits per heavy atom. The molecule has 16 nitrogen and oxygen atoms in total. The number of piperidine rings is 2. The van der Waals surface area contributed by atoms with Gasteiger partial charge in [0.1, 0.15) is 6.04 Å². The fourth-order valence-electron chi connectivity index (χ4n) is 9.95. The van der Waals surface area contributed by atoms with Gasteiger partial charge in [-0.3, -0.25) is 23.9 Å². The summed E-state index contributed by atoms with van der Waals surface area (Å²) in [5, 5.41) is 3.04. The van der Waals surface area contributed by atoms with E-state index in [1.165, 1.54) is 4.57 Å². The Balaban J connectivity index is 0.891. The van der Waals surface area contributed by atoms with Crippen molar-refractivity contribution < 1.29 is 37.9 Å². The summed E-state index contributed by atoms with van der Waals surface area (Å²) < 4.78 is 18.8. The second kappa shape index (κ2) is 18.1. The topological polar surface area (TPSA) is 167 Å². The van der Waals surface area contributed by atoms with Crippen LogP contribution in [0.2, 0.25) is 0 Å². The van der Waals surface area contributed by atoms with E-state index >= 15 is 0 Å². The average molecular weight is 828 g/mol. The highest BCUT2D eigenvalue weighted by Gasteiger charge is 2.40. The molecule has 6 heterocycles. The van der Waals surface area contributed by atoms with Crippen LogP contribution in [-0.2, 0) is 43.7 Å². The SMILES string of the molecule is Cc1cc(C[C@@H](OC(=O)N2CCC(N3CCc4ccccc4NC3=O)CC2)C(=O)N2CCC(N3CCC[C@@H]3C(=O)OCCCN3CCCC3=O)CC2)cc2oc(=O)n(C)c12. The van der Waals surface area contributed by atoms with Crippen LogP contribution in [0.1, 0.15) is 74.5 Å². The third-order valence-corrected chi connectivity index (χ3v) is 13.2. The van der Waals surface area contributed by atoms with Gasteiger partial charge in [-0.15, -0.1) is 0 Å². The van der Waals surface area contributed by atoms with Crippen LogP contribution in [0.4, 0.5) is 15.3 Å². The van der Waals surface area contributed by atoms with Gasteiger partial charge in [0.2, 0.25) is 5.91 Å². The van der Waals surface area contributed by atoms with Gasteiger partial charge in [-0.25, -0.2) is 14.4 Å². The molecule has 4 fully saturated rings. The lowest BCUT2D eigenvalue weighted by molar-refractivity contribution is -0.151. The number of fused-ring (bicyclic) bond motifs is 2. The summed E-state index contributed by atoms with van der Waals surface area (Å²) in [6.07, 6.45) is 5.33. The van der Waals surface area contributed by atoms with Crippen molar-refractivity contribution in [1.29, 1.82) is 0 Å². The summed E-state index contributed by atoms with van der Waals surface area (Å²) in [4.78, 5) is 88.3. The zero-order chi connectivity index (χ0) is 41.9. The number of nitrogens with one attached hydrogen (secondary N) is 1. The largest absolute Gasteiger partial charge is 0.464 e. The maximum Gasteiger partial charge on any atom is 0.419 e. The number of esters is 1. The van der Waals surface area contributed by atoms with Gasteiger partial charge >= 0.3 is 23.8 Å². The predicted molar refractivity (Wildman–Crippen MR) is 221 cm³/mol. The van der Waals surface area contributed by atoms with Crippen molar-refractivity contribution >= 4 is 46.7 Å². The smallest absolute Gasteiger partial charge is 0.419 e. The van der Waals surface area contributed by atoms with Gasteiger partial charge in [0.05, 0.1) is 12.1 Å². The number of rotatable bonds is 11. The average Bonchev–Trinajstić information content (AvgIpc) is 3.95. The first kappa shape index (κ1) is 41.4. The molecular weight excluding hydrogens is 771 g/mol. The number of anilines is 1. The number of carbonyl (C=O) groups is 5. The van der Waals surface area contributed by atoms with Crippen molar-refractivity contribution in [3.05, 3.63) is 63.6 Å². The molecule has 0 bridgehead atoms. The van der Waals surface area contributed by atoms with Crippen LogP contribution in [0.5, 0.6) is 0 Å². The third-order valence-electron chi connectivity index (χ3n) is 13.2. The first-order valence-corrected chi connectivity index (χ1v) is 21.7. The zero-order valence-electron chi connectivity index (χ0n) is 34.8. The molecule has 8 rings (SSSR count). The van der Waals surface area contributed by atoms with E-state index in [4.69, 9.17) is 13.9 Å². The lowest BCUT2D eigenvalue weighted by atomic mass is 9.99. The van der Waals surface area contributed by atoms with Crippen LogP contribution < -0.4 is 11.1 Å². The quantitative estimate of drug-likeness (QED) is 0.220. The van der Waals surface area contributed by atoms with E-state index in [9.17, 15) is 28.8 Å². The van der Waals surface area contributed by atoms with Crippen molar-refractivity contribution in [2.75, 3.05) is 64.3 Å². The van der Waals surface area contributed by atoms with Gasteiger partial charge in [-0.2, -0.15) is 0 Å². The van der Waals surface area contributed by atoms with Crippen molar-refractivity contribution in [3.8, 4) is 0 Å². The van der Waals surface area contributed by atoms with Crippen LogP contribution in [-0.4, -0.2) is 142 Å². The van der Waals surface area contributed by atoms with E-state index in [-0.39, 0.29) is 55.0 Å². The summed E-state index contributed by atoms with van der Waals surface area (Å²) in [6.45, 7) is 6.55. The molecule has 2 atom stereocenters. The Hall–Kier alpha value is -5.38. The number of urea groups is 1. The monoisotopic (exact) mass is 827 g/mol. The first-order chi connectivity index (χ1) is 29.0. The van der Waals surface area contributed by atoms with Gasteiger partial charge in [-0.1, -0.05) is 24.3 Å². The number of para-hydroxylation sites is 1. The van der Waals surface area contributed by atoms with Crippen molar-refractivity contribution in [2.45, 2.75) is 102 Å². The van der Waals surface area contributed by atoms with Crippen LogP contribution in [0.15, 0.2) is 45.6 Å². The lowest BCUT2D eigenvalue weighted by Gasteiger charge is -2.40. The van der Waals surface area contributed by atoms with Gasteiger partial charge in [0.15, 0.2) is 11.7 Å². The number of hydrogen-bond donors (Lipinski definition) is 1. The second-order valence-electron chi connectivity index (χ2n) is 17.0. The molecular formula is C44H57N7O9. The second-order valence-corrected chi connectivity index (χ2v) is 17.0. The molecule has 0 unspecified atom stereocenters. The van der Waals surface area contributed by atoms with Gasteiger partial charge < -0.3 is 38.8 Å². The number of likely N-dealkylation sites (tertiary alicyclic amines) is 4. The number of amides is 5. The van der Waals surface area contributed by atoms with Crippen LogP contribution in [0, 0.1) is 6.92 Å². The number of aromatic nitrogens is 1. The van der Waals surface area contributed by atoms with E-state index in [2.05, 4.69) is 10.2 Å². The van der Waals surface area contributed by atoms with Crippen LogP contribution >= 0.6 is 0 Å². The Labute approximate surface area is 349 Å². The maximum absolute atomic E-state index is 14.4. The normalized spacial score (nSPS) is 21.3. The Kier molecular flexibility index (Phi) is 12.5. The van der Waals surface area contributed by atoms with Crippen molar-refractivity contribution in [2.24, 2.45) is 7.05 Å². The highest BCUT2D eigenvalue weighted by Crippen LogP contribution is 2.29. The summed E-state index contributed by atoms with van der Waals surface area (Å²) >= 11 is 0. The Bertz CT molecular complexity index is 2150. The number of nitrogens with zero attached hydrogens (tertiary/aromatic N) is 6. The van der Waals surface area contributed by atoms with Crippen LogP contribution in [0.25, 0.3) is 11.1 Å². The van der Waals surface area contributed by atoms with Gasteiger partial charge in [0, 0.05) is 83.5 Å². The highest BCUT2D eigenvalue weighted by molar-refractivity contribution is 5.91. The first-order valence-electron chi connectivity index (χ1n) is 21.7. The van der Waals surface area contributed by atoms with E-state index < -0.39 is 18.0 Å². The summed E-state index contributed by atoms with van der Waals surface area (Å²) in [7, 11) is 1.65. The molecule has 1 N–H and O–H groups in total. The predicted octanol–water partition coefficient (Wildman–Crippen LogP) is 4.05. The molecule has 4 saturated heterocycles. The molecule has 322 valence electrons. The molecule has 5 aliphatic rings. The molecule has 60 heavy (non-hydrogen) atoms. The van der Waals surface area contributed by atoms with Crippen LogP contribution in [0.3, 0.4) is 0 Å². The maximum atomic E-state index is 14.4. The molecule has 0 saturated carbocycles. The van der Waals surface area contributed by atoms with Crippen molar-refractivity contribution in [3.63, 3.8) is 0 Å². The Morgan fingerprint density at radius 2 is 1.62 bits per heavy atom. The lowest BCUT2D eigenvalue weighted by Crippen LogP contribution is -2.53. The molecule has 3 aromatic rings. The number of ether oxygens (including phenoxy) is 2. The minimum absolute atomic E-state index is 0.0406. The summed E-state index contributed by atoms with van der Waals surface area (Å²) in [5.41, 5.74) is 4.50. The Morgan fingerprint density at radius 3 is 2.38 bits per heavy atom. The van der Waals surface area contributed by atoms with E-state index in [1.54, 1.807) is 22.9 Å². The van der Waals surface area contributed by atoms with E-state index in [0.29, 0.717) is 94.5 Å². The standard InChI is InChI=1S/C44H57N7O9/c1-29-26-30(27-36-39(29)46(2)43(56)59-36)28-37(60-44(57)49-22-15-33(16-23-49)51-24-12-31-8-3-4-9-34(31)45-42(51)55)40(53)48-20-13-32(14-21-48)50-19-5-10-35(50)41(54)58-25-7-18-47-17-6-11-38(47)52/h3-4,8-9,26-27,32-33,35,37H,5-7,10-25,28H2,1-2H3,(H,45,55)/t35-,37-/m1/s1. The summed E-state index contributed by atoms with van der Waals surface area (Å²) in [5.74, 6) is -0.836. The molecule has 0 spiro atoms. The minimum atomic E-state index is -1.13. The van der Waals surface area contributed by atoms with Gasteiger partial charge in [0.25, 0.3) is 5.91 Å². The number of hydrogen-bond acceptors (Lipinski definition) is 10.